The predicted molar refractivity (Wildman–Crippen MR) is 43.2 cm³/mol. The van der Waals surface area contributed by atoms with E-state index in [1.54, 1.807) is 0 Å². The van der Waals surface area contributed by atoms with Crippen molar-refractivity contribution in [3.05, 3.63) is 0 Å². The highest BCUT2D eigenvalue weighted by molar-refractivity contribution is 5.82. The lowest BCUT2D eigenvalue weighted by Crippen LogP contribution is -2.48. The molecule has 1 fully saturated rings. The first-order valence-corrected chi connectivity index (χ1v) is 4.04. The zero-order chi connectivity index (χ0) is 9.84. The zero-order valence-electron chi connectivity index (χ0n) is 6.99. The van der Waals surface area contributed by atoms with Gasteiger partial charge in [-0.15, -0.1) is 0 Å². The Morgan fingerprint density at radius 1 is 1.46 bits per heavy atom. The number of aliphatic hydroxyl groups is 1. The van der Waals surface area contributed by atoms with Crippen molar-refractivity contribution in [1.82, 2.24) is 10.6 Å². The fourth-order valence-corrected chi connectivity index (χ4v) is 0.798. The van der Waals surface area contributed by atoms with E-state index in [1.165, 1.54) is 0 Å². The van der Waals surface area contributed by atoms with Crippen molar-refractivity contribution in [2.45, 2.75) is 24.9 Å². The second-order valence-electron chi connectivity index (χ2n) is 2.97. The number of rotatable bonds is 4. The second kappa shape index (κ2) is 4.08. The van der Waals surface area contributed by atoms with Crippen LogP contribution >= 0.6 is 0 Å². The van der Waals surface area contributed by atoms with E-state index in [1.807, 2.05) is 0 Å². The minimum atomic E-state index is -1.24. The molecule has 2 amide bonds. The largest absolute Gasteiger partial charge is 0.480 e. The van der Waals surface area contributed by atoms with Gasteiger partial charge in [0.25, 0.3) is 0 Å². The van der Waals surface area contributed by atoms with Gasteiger partial charge in [0.2, 0.25) is 0 Å². The minimum absolute atomic E-state index is 0.174. The molecule has 0 aromatic carbocycles. The van der Waals surface area contributed by atoms with Crippen LogP contribution in [-0.4, -0.2) is 40.9 Å². The number of amides is 2. The summed E-state index contributed by atoms with van der Waals surface area (Å²) >= 11 is 0. The smallest absolute Gasteiger partial charge is 0.328 e. The molecule has 1 atom stereocenters. The van der Waals surface area contributed by atoms with Crippen LogP contribution in [0.2, 0.25) is 0 Å². The summed E-state index contributed by atoms with van der Waals surface area (Å²) < 4.78 is 0. The van der Waals surface area contributed by atoms with Crippen LogP contribution in [0, 0.1) is 0 Å². The van der Waals surface area contributed by atoms with Gasteiger partial charge in [0, 0.05) is 6.04 Å². The Morgan fingerprint density at radius 2 is 2.08 bits per heavy atom. The van der Waals surface area contributed by atoms with Crippen LogP contribution in [0.1, 0.15) is 12.8 Å². The monoisotopic (exact) mass is 188 g/mol. The SMILES string of the molecule is O=C(NC1CC1)N[C@@H](CO)C(=O)O. The van der Waals surface area contributed by atoms with Gasteiger partial charge in [0.15, 0.2) is 6.04 Å². The summed E-state index contributed by atoms with van der Waals surface area (Å²) in [5, 5.41) is 21.7. The number of carboxylic acids is 1. The molecule has 1 aliphatic carbocycles. The number of carbonyl (C=O) groups is 2. The number of urea groups is 1. The fourth-order valence-electron chi connectivity index (χ4n) is 0.798. The first-order chi connectivity index (χ1) is 6.13. The van der Waals surface area contributed by atoms with E-state index < -0.39 is 24.6 Å². The fraction of sp³-hybridized carbons (Fsp3) is 0.714. The van der Waals surface area contributed by atoms with E-state index in [2.05, 4.69) is 10.6 Å². The Balaban J connectivity index is 2.26. The Morgan fingerprint density at radius 3 is 2.46 bits per heavy atom. The van der Waals surface area contributed by atoms with E-state index >= 15 is 0 Å². The number of aliphatic hydroxyl groups excluding tert-OH is 1. The maximum atomic E-state index is 11.0. The predicted octanol–water partition coefficient (Wildman–Crippen LogP) is -1.11. The third kappa shape index (κ3) is 3.29. The lowest BCUT2D eigenvalue weighted by molar-refractivity contribution is -0.140. The van der Waals surface area contributed by atoms with Crippen molar-refractivity contribution >= 4 is 12.0 Å². The molecule has 0 radical (unpaired) electrons. The van der Waals surface area contributed by atoms with Gasteiger partial charge in [0.1, 0.15) is 0 Å². The highest BCUT2D eigenvalue weighted by Gasteiger charge is 2.25. The quantitative estimate of drug-likeness (QED) is 0.449. The average molecular weight is 188 g/mol. The minimum Gasteiger partial charge on any atom is -0.480 e. The molecule has 13 heavy (non-hydrogen) atoms. The van der Waals surface area contributed by atoms with Crippen LogP contribution in [0.25, 0.3) is 0 Å². The lowest BCUT2D eigenvalue weighted by Gasteiger charge is -2.11. The molecule has 0 saturated heterocycles. The topological polar surface area (TPSA) is 98.7 Å². The molecule has 0 aromatic rings. The van der Waals surface area contributed by atoms with Crippen molar-refractivity contribution in [2.75, 3.05) is 6.61 Å². The zero-order valence-corrected chi connectivity index (χ0v) is 6.99. The molecule has 0 unspecified atom stereocenters. The van der Waals surface area contributed by atoms with Crippen molar-refractivity contribution in [3.8, 4) is 0 Å². The molecule has 0 bridgehead atoms. The first-order valence-electron chi connectivity index (χ1n) is 4.04. The summed E-state index contributed by atoms with van der Waals surface area (Å²) in [4.78, 5) is 21.3. The number of aliphatic carboxylic acids is 1. The number of carboxylic acid groups (broad SMARTS) is 1. The van der Waals surface area contributed by atoms with E-state index in [0.29, 0.717) is 0 Å². The summed E-state index contributed by atoms with van der Waals surface area (Å²) in [5.41, 5.74) is 0. The molecule has 1 aliphatic rings. The third-order valence-corrected chi connectivity index (χ3v) is 1.70. The van der Waals surface area contributed by atoms with Gasteiger partial charge in [0.05, 0.1) is 6.61 Å². The van der Waals surface area contributed by atoms with Gasteiger partial charge in [-0.1, -0.05) is 0 Å². The highest BCUT2D eigenvalue weighted by Crippen LogP contribution is 2.18. The van der Waals surface area contributed by atoms with Crippen molar-refractivity contribution < 1.29 is 19.8 Å². The summed E-state index contributed by atoms with van der Waals surface area (Å²) in [6, 6.07) is -1.59. The van der Waals surface area contributed by atoms with Crippen LogP contribution in [0.4, 0.5) is 4.79 Å². The van der Waals surface area contributed by atoms with E-state index in [9.17, 15) is 9.59 Å². The summed E-state index contributed by atoms with van der Waals surface area (Å²) in [5.74, 6) is -1.24. The molecule has 0 spiro atoms. The van der Waals surface area contributed by atoms with Crippen molar-refractivity contribution in [1.29, 1.82) is 0 Å². The molecule has 1 rings (SSSR count). The average Bonchev–Trinajstić information content (AvgIpc) is 2.83. The highest BCUT2D eigenvalue weighted by atomic mass is 16.4. The number of hydrogen-bond donors (Lipinski definition) is 4. The van der Waals surface area contributed by atoms with Gasteiger partial charge >= 0.3 is 12.0 Å². The summed E-state index contributed by atoms with van der Waals surface area (Å²) in [6.45, 7) is -0.604. The van der Waals surface area contributed by atoms with Gasteiger partial charge in [-0.25, -0.2) is 9.59 Å². The Labute approximate surface area is 74.9 Å². The number of nitrogens with one attached hydrogen (secondary N) is 2. The molecule has 74 valence electrons. The summed E-state index contributed by atoms with van der Waals surface area (Å²) in [6.07, 6.45) is 1.87. The number of carbonyl (C=O) groups excluding carboxylic acids is 1. The first kappa shape index (κ1) is 9.79. The molecule has 0 heterocycles. The lowest BCUT2D eigenvalue weighted by atomic mass is 10.3. The normalized spacial score (nSPS) is 17.6. The van der Waals surface area contributed by atoms with Crippen LogP contribution in [0.5, 0.6) is 0 Å². The van der Waals surface area contributed by atoms with Crippen LogP contribution in [0.3, 0.4) is 0 Å². The van der Waals surface area contributed by atoms with Crippen molar-refractivity contribution in [2.24, 2.45) is 0 Å². The van der Waals surface area contributed by atoms with Gasteiger partial charge in [-0.2, -0.15) is 0 Å². The van der Waals surface area contributed by atoms with Crippen LogP contribution in [0.15, 0.2) is 0 Å². The Hall–Kier alpha value is -1.30. The maximum absolute atomic E-state index is 11.0. The van der Waals surface area contributed by atoms with E-state index in [0.717, 1.165) is 12.8 Å². The van der Waals surface area contributed by atoms with Gasteiger partial charge in [-0.05, 0) is 12.8 Å². The molecule has 4 N–H and O–H groups in total. The van der Waals surface area contributed by atoms with Gasteiger partial charge in [-0.3, -0.25) is 0 Å². The van der Waals surface area contributed by atoms with Crippen LogP contribution in [-0.2, 0) is 4.79 Å². The molecule has 0 aliphatic heterocycles. The molecule has 0 aromatic heterocycles. The Kier molecular flexibility index (Phi) is 3.07. The molecular formula is C7H12N2O4. The molecule has 6 nitrogen and oxygen atoms in total. The van der Waals surface area contributed by atoms with E-state index in [-0.39, 0.29) is 6.04 Å². The van der Waals surface area contributed by atoms with E-state index in [4.69, 9.17) is 10.2 Å². The van der Waals surface area contributed by atoms with Crippen LogP contribution < -0.4 is 10.6 Å². The standard InChI is InChI=1S/C7H12N2O4/c10-3-5(6(11)12)9-7(13)8-4-1-2-4/h4-5,10H,1-3H2,(H,11,12)(H2,8,9,13)/t5-/m0/s1. The third-order valence-electron chi connectivity index (χ3n) is 1.70. The number of hydrogen-bond acceptors (Lipinski definition) is 3. The van der Waals surface area contributed by atoms with Crippen molar-refractivity contribution in [3.63, 3.8) is 0 Å². The summed E-state index contributed by atoms with van der Waals surface area (Å²) in [7, 11) is 0. The maximum Gasteiger partial charge on any atom is 0.328 e. The second-order valence-corrected chi connectivity index (χ2v) is 2.97. The Bertz CT molecular complexity index is 215. The molecule has 1 saturated carbocycles. The molecular weight excluding hydrogens is 176 g/mol. The molecule has 6 heteroatoms. The van der Waals surface area contributed by atoms with Gasteiger partial charge < -0.3 is 20.8 Å².